The Balaban J connectivity index is 1.44. The molecule has 0 aliphatic carbocycles. The van der Waals surface area contributed by atoms with Gasteiger partial charge in [0.15, 0.2) is 0 Å². The SMILES string of the molecule is Cc1cccc(COc2ccc(-n3c(C)cc(C=Nn4c(C(C)(C)C)nc5ccc(Br)cc5c4=O)c3C)cc2)c1. The predicted molar refractivity (Wildman–Crippen MR) is 166 cm³/mol. The molecule has 2 aromatic heterocycles. The van der Waals surface area contributed by atoms with Gasteiger partial charge in [-0.15, -0.1) is 0 Å². The van der Waals surface area contributed by atoms with Crippen LogP contribution in [-0.2, 0) is 12.0 Å². The van der Waals surface area contributed by atoms with Crippen LogP contribution >= 0.6 is 15.9 Å². The van der Waals surface area contributed by atoms with Crippen LogP contribution in [0.2, 0.25) is 0 Å². The van der Waals surface area contributed by atoms with Gasteiger partial charge in [0.1, 0.15) is 18.2 Å². The van der Waals surface area contributed by atoms with Crippen LogP contribution in [0.5, 0.6) is 5.75 Å². The normalized spacial score (nSPS) is 12.0. The van der Waals surface area contributed by atoms with E-state index in [1.807, 2.05) is 51.1 Å². The molecule has 7 heteroatoms. The molecule has 0 fully saturated rings. The number of ether oxygens (including phenoxy) is 1. The van der Waals surface area contributed by atoms with Gasteiger partial charge >= 0.3 is 0 Å². The van der Waals surface area contributed by atoms with E-state index >= 15 is 0 Å². The molecule has 0 aliphatic rings. The second-order valence-corrected chi connectivity index (χ2v) is 12.1. The summed E-state index contributed by atoms with van der Waals surface area (Å²) in [7, 11) is 0. The van der Waals surface area contributed by atoms with Gasteiger partial charge in [0, 0.05) is 32.5 Å². The Morgan fingerprint density at radius 2 is 1.73 bits per heavy atom. The molecule has 0 spiro atoms. The quantitative estimate of drug-likeness (QED) is 0.189. The Morgan fingerprint density at radius 1 is 0.975 bits per heavy atom. The molecule has 6 nitrogen and oxygen atoms in total. The molecule has 0 aliphatic heterocycles. The first-order chi connectivity index (χ1) is 19.0. The molecule has 0 bridgehead atoms. The lowest BCUT2D eigenvalue weighted by Gasteiger charge is -2.20. The van der Waals surface area contributed by atoms with Crippen molar-refractivity contribution in [2.45, 2.75) is 53.6 Å². The summed E-state index contributed by atoms with van der Waals surface area (Å²) in [4.78, 5) is 18.3. The molecule has 3 aromatic carbocycles. The number of nitrogens with zero attached hydrogens (tertiary/aromatic N) is 4. The van der Waals surface area contributed by atoms with Crippen LogP contribution in [0.1, 0.15) is 54.7 Å². The molecule has 0 amide bonds. The second kappa shape index (κ2) is 10.9. The lowest BCUT2D eigenvalue weighted by Crippen LogP contribution is -2.29. The van der Waals surface area contributed by atoms with Crippen LogP contribution in [0.15, 0.2) is 87.2 Å². The first kappa shape index (κ1) is 27.6. The van der Waals surface area contributed by atoms with Gasteiger partial charge in [-0.05, 0) is 74.9 Å². The summed E-state index contributed by atoms with van der Waals surface area (Å²) in [6.07, 6.45) is 1.75. The summed E-state index contributed by atoms with van der Waals surface area (Å²) in [5, 5.41) is 5.20. The summed E-state index contributed by atoms with van der Waals surface area (Å²) in [6.45, 7) is 12.8. The highest BCUT2D eigenvalue weighted by molar-refractivity contribution is 9.10. The minimum atomic E-state index is -0.377. The molecule has 0 N–H and O–H groups in total. The molecule has 0 saturated heterocycles. The van der Waals surface area contributed by atoms with Gasteiger partial charge in [0.25, 0.3) is 5.56 Å². The van der Waals surface area contributed by atoms with E-state index in [-0.39, 0.29) is 11.0 Å². The van der Waals surface area contributed by atoms with E-state index in [4.69, 9.17) is 9.72 Å². The van der Waals surface area contributed by atoms with Crippen molar-refractivity contribution in [3.8, 4) is 11.4 Å². The van der Waals surface area contributed by atoms with E-state index in [2.05, 4.69) is 82.8 Å². The van der Waals surface area contributed by atoms with Gasteiger partial charge in [0.05, 0.1) is 17.1 Å². The lowest BCUT2D eigenvalue weighted by molar-refractivity contribution is 0.306. The number of rotatable bonds is 6. The van der Waals surface area contributed by atoms with Crippen LogP contribution < -0.4 is 10.3 Å². The molecular weight excluding hydrogens is 564 g/mol. The molecule has 2 heterocycles. The van der Waals surface area contributed by atoms with Crippen molar-refractivity contribution >= 4 is 33.0 Å². The number of fused-ring (bicyclic) bond motifs is 1. The minimum Gasteiger partial charge on any atom is -0.489 e. The molecule has 0 unspecified atom stereocenters. The highest BCUT2D eigenvalue weighted by atomic mass is 79.9. The van der Waals surface area contributed by atoms with Crippen LogP contribution in [0, 0.1) is 20.8 Å². The Hall–Kier alpha value is -3.97. The minimum absolute atomic E-state index is 0.192. The fraction of sp³-hybridized carbons (Fsp3) is 0.242. The maximum atomic E-state index is 13.5. The number of aryl methyl sites for hydroxylation is 2. The number of benzene rings is 3. The molecule has 5 aromatic rings. The monoisotopic (exact) mass is 596 g/mol. The third kappa shape index (κ3) is 5.65. The standard InChI is InChI=1S/C33H33BrN4O2/c1-21-8-7-9-24(16-21)20-40-28-13-11-27(12-14-28)37-22(2)17-25(23(37)3)19-35-38-31(39)29-18-26(34)10-15-30(29)36-32(38)33(4,5)6/h7-19H,20H2,1-6H3. The number of halogens is 1. The highest BCUT2D eigenvalue weighted by Gasteiger charge is 2.23. The van der Waals surface area contributed by atoms with Crippen molar-refractivity contribution in [3.05, 3.63) is 122 Å². The summed E-state index contributed by atoms with van der Waals surface area (Å²) >= 11 is 3.47. The van der Waals surface area contributed by atoms with Crippen LogP contribution in [-0.4, -0.2) is 20.4 Å². The van der Waals surface area contributed by atoms with Crippen LogP contribution in [0.4, 0.5) is 0 Å². The zero-order valence-corrected chi connectivity index (χ0v) is 25.3. The average Bonchev–Trinajstić information content (AvgIpc) is 3.19. The maximum Gasteiger partial charge on any atom is 0.282 e. The maximum absolute atomic E-state index is 13.5. The van der Waals surface area contributed by atoms with Gasteiger partial charge in [0.2, 0.25) is 0 Å². The van der Waals surface area contributed by atoms with E-state index in [0.717, 1.165) is 38.4 Å². The van der Waals surface area contributed by atoms with E-state index in [9.17, 15) is 4.79 Å². The zero-order chi connectivity index (χ0) is 28.6. The number of aromatic nitrogens is 3. The van der Waals surface area contributed by atoms with Crippen molar-refractivity contribution < 1.29 is 4.74 Å². The Labute approximate surface area is 243 Å². The van der Waals surface area contributed by atoms with Crippen molar-refractivity contribution in [1.29, 1.82) is 0 Å². The molecule has 0 radical (unpaired) electrons. The Bertz CT molecular complexity index is 1790. The van der Waals surface area contributed by atoms with E-state index in [1.54, 1.807) is 12.3 Å². The zero-order valence-electron chi connectivity index (χ0n) is 23.7. The molecule has 5 rings (SSSR count). The molecular formula is C33H33BrN4O2. The van der Waals surface area contributed by atoms with Crippen molar-refractivity contribution in [2.75, 3.05) is 0 Å². The summed E-state index contributed by atoms with van der Waals surface area (Å²) in [5.41, 5.74) is 6.51. The molecule has 0 atom stereocenters. The van der Waals surface area contributed by atoms with Gasteiger partial charge in [-0.3, -0.25) is 4.79 Å². The van der Waals surface area contributed by atoms with Crippen molar-refractivity contribution in [2.24, 2.45) is 5.10 Å². The average molecular weight is 598 g/mol. The van der Waals surface area contributed by atoms with Crippen molar-refractivity contribution in [3.63, 3.8) is 0 Å². The third-order valence-corrected chi connectivity index (χ3v) is 7.34. The van der Waals surface area contributed by atoms with Gasteiger partial charge < -0.3 is 9.30 Å². The van der Waals surface area contributed by atoms with Crippen LogP contribution in [0.3, 0.4) is 0 Å². The first-order valence-corrected chi connectivity index (χ1v) is 14.1. The van der Waals surface area contributed by atoms with Gasteiger partial charge in [-0.2, -0.15) is 9.78 Å². The Kier molecular flexibility index (Phi) is 7.51. The number of hydrogen-bond donors (Lipinski definition) is 0. The second-order valence-electron chi connectivity index (χ2n) is 11.1. The van der Waals surface area contributed by atoms with E-state index in [0.29, 0.717) is 23.3 Å². The number of hydrogen-bond acceptors (Lipinski definition) is 4. The van der Waals surface area contributed by atoms with E-state index in [1.165, 1.54) is 10.2 Å². The molecule has 204 valence electrons. The highest BCUT2D eigenvalue weighted by Crippen LogP contribution is 2.25. The summed E-state index contributed by atoms with van der Waals surface area (Å²) in [5.74, 6) is 1.43. The van der Waals surface area contributed by atoms with Gasteiger partial charge in [-0.1, -0.05) is 66.5 Å². The molecule has 40 heavy (non-hydrogen) atoms. The molecule has 0 saturated carbocycles. The van der Waals surface area contributed by atoms with Crippen LogP contribution in [0.25, 0.3) is 16.6 Å². The largest absolute Gasteiger partial charge is 0.489 e. The van der Waals surface area contributed by atoms with E-state index < -0.39 is 0 Å². The topological polar surface area (TPSA) is 61.4 Å². The fourth-order valence-corrected chi connectivity index (χ4v) is 5.20. The smallest absolute Gasteiger partial charge is 0.282 e. The summed E-state index contributed by atoms with van der Waals surface area (Å²) in [6, 6.07) is 24.1. The van der Waals surface area contributed by atoms with Gasteiger partial charge in [-0.25, -0.2) is 4.98 Å². The lowest BCUT2D eigenvalue weighted by atomic mass is 9.95. The first-order valence-electron chi connectivity index (χ1n) is 13.3. The predicted octanol–water partition coefficient (Wildman–Crippen LogP) is 7.63. The van der Waals surface area contributed by atoms with Crippen molar-refractivity contribution in [1.82, 2.24) is 14.2 Å². The third-order valence-electron chi connectivity index (χ3n) is 6.84. The Morgan fingerprint density at radius 3 is 2.42 bits per heavy atom. The fourth-order valence-electron chi connectivity index (χ4n) is 4.84. The summed E-state index contributed by atoms with van der Waals surface area (Å²) < 4.78 is 10.4.